The summed E-state index contributed by atoms with van der Waals surface area (Å²) in [5.41, 5.74) is 5.82. The summed E-state index contributed by atoms with van der Waals surface area (Å²) in [6.45, 7) is 2.25. The van der Waals surface area contributed by atoms with Crippen LogP contribution in [0.3, 0.4) is 0 Å². The Bertz CT molecular complexity index is 501. The number of nitrogens with two attached hydrogens (primary N) is 1. The van der Waals surface area contributed by atoms with Gasteiger partial charge < -0.3 is 15.6 Å². The van der Waals surface area contributed by atoms with E-state index < -0.39 is 18.0 Å². The SMILES string of the molecule is CCCCCCCCCCCCC#CC(CCCCC(=O)O)SCC(N)C(=O)OC. The molecule has 0 aromatic rings. The molecule has 5 nitrogen and oxygen atoms in total. The smallest absolute Gasteiger partial charge is 0.323 e. The number of aliphatic carboxylic acids is 1. The molecule has 174 valence electrons. The lowest BCUT2D eigenvalue weighted by molar-refractivity contribution is -0.141. The molecular formula is C24H43NO4S. The molecule has 0 aliphatic heterocycles. The van der Waals surface area contributed by atoms with Crippen molar-refractivity contribution in [1.82, 2.24) is 0 Å². The first kappa shape index (κ1) is 28.8. The molecule has 0 aromatic carbocycles. The summed E-state index contributed by atoms with van der Waals surface area (Å²) in [6, 6.07) is -0.648. The number of carbonyl (C=O) groups is 2. The number of methoxy groups -OCH3 is 1. The van der Waals surface area contributed by atoms with Crippen LogP contribution in [0, 0.1) is 11.8 Å². The van der Waals surface area contributed by atoms with Crippen molar-refractivity contribution in [3.05, 3.63) is 0 Å². The lowest BCUT2D eigenvalue weighted by atomic mass is 10.1. The Balaban J connectivity index is 4.06. The van der Waals surface area contributed by atoms with Crippen molar-refractivity contribution < 1.29 is 19.4 Å². The van der Waals surface area contributed by atoms with Gasteiger partial charge in [0.05, 0.1) is 12.4 Å². The number of carboxylic acid groups (broad SMARTS) is 1. The number of hydrogen-bond donors (Lipinski definition) is 2. The third-order valence-corrected chi connectivity index (χ3v) is 6.31. The molecule has 0 saturated heterocycles. The van der Waals surface area contributed by atoms with Crippen LogP contribution in [0.25, 0.3) is 0 Å². The lowest BCUT2D eigenvalue weighted by Crippen LogP contribution is -2.34. The minimum atomic E-state index is -0.765. The van der Waals surface area contributed by atoms with Crippen LogP contribution in [0.5, 0.6) is 0 Å². The van der Waals surface area contributed by atoms with Crippen molar-refractivity contribution in [1.29, 1.82) is 0 Å². The Morgan fingerprint density at radius 2 is 1.57 bits per heavy atom. The summed E-state index contributed by atoms with van der Waals surface area (Å²) < 4.78 is 4.67. The Hall–Kier alpha value is -1.19. The number of unbranched alkanes of at least 4 members (excludes halogenated alkanes) is 11. The summed E-state index contributed by atoms with van der Waals surface area (Å²) in [4.78, 5) is 22.1. The number of rotatable bonds is 19. The van der Waals surface area contributed by atoms with E-state index in [2.05, 4.69) is 23.5 Å². The second kappa shape index (κ2) is 21.1. The van der Waals surface area contributed by atoms with Crippen molar-refractivity contribution >= 4 is 23.7 Å². The second-order valence-electron chi connectivity index (χ2n) is 7.84. The summed E-state index contributed by atoms with van der Waals surface area (Å²) in [7, 11) is 1.34. The monoisotopic (exact) mass is 441 g/mol. The lowest BCUT2D eigenvalue weighted by Gasteiger charge is -2.13. The van der Waals surface area contributed by atoms with Crippen LogP contribution in [0.1, 0.15) is 103 Å². The molecule has 0 heterocycles. The average molecular weight is 442 g/mol. The van der Waals surface area contributed by atoms with E-state index in [0.29, 0.717) is 12.2 Å². The van der Waals surface area contributed by atoms with Gasteiger partial charge in [-0.2, -0.15) is 0 Å². The van der Waals surface area contributed by atoms with E-state index in [4.69, 9.17) is 10.8 Å². The fourth-order valence-electron chi connectivity index (χ4n) is 3.13. The molecule has 2 atom stereocenters. The molecule has 0 spiro atoms. The highest BCUT2D eigenvalue weighted by Crippen LogP contribution is 2.19. The zero-order valence-electron chi connectivity index (χ0n) is 19.1. The molecule has 3 N–H and O–H groups in total. The maximum atomic E-state index is 11.5. The number of carbonyl (C=O) groups excluding carboxylic acids is 1. The number of esters is 1. The predicted molar refractivity (Wildman–Crippen MR) is 127 cm³/mol. The number of carboxylic acids is 1. The zero-order valence-corrected chi connectivity index (χ0v) is 19.9. The van der Waals surface area contributed by atoms with Crippen LogP contribution in [0.4, 0.5) is 0 Å². The minimum absolute atomic E-state index is 0.0811. The van der Waals surface area contributed by atoms with E-state index >= 15 is 0 Å². The molecule has 0 bridgehead atoms. The van der Waals surface area contributed by atoms with E-state index in [1.165, 1.54) is 64.9 Å². The number of thioether (sulfide) groups is 1. The Kier molecular flexibility index (Phi) is 20.2. The molecule has 0 amide bonds. The zero-order chi connectivity index (χ0) is 22.5. The van der Waals surface area contributed by atoms with Crippen LogP contribution in [0.2, 0.25) is 0 Å². The van der Waals surface area contributed by atoms with Gasteiger partial charge in [0.1, 0.15) is 6.04 Å². The van der Waals surface area contributed by atoms with Crippen molar-refractivity contribution in [2.24, 2.45) is 5.73 Å². The van der Waals surface area contributed by atoms with Gasteiger partial charge >= 0.3 is 11.9 Å². The maximum absolute atomic E-state index is 11.5. The highest BCUT2D eigenvalue weighted by molar-refractivity contribution is 8.00. The van der Waals surface area contributed by atoms with Gasteiger partial charge in [0, 0.05) is 18.6 Å². The van der Waals surface area contributed by atoms with Crippen LogP contribution in [-0.2, 0) is 14.3 Å². The van der Waals surface area contributed by atoms with E-state index in [1.54, 1.807) is 11.8 Å². The van der Waals surface area contributed by atoms with Gasteiger partial charge in [-0.15, -0.1) is 17.7 Å². The van der Waals surface area contributed by atoms with E-state index in [0.717, 1.165) is 25.7 Å². The highest BCUT2D eigenvalue weighted by atomic mass is 32.2. The number of ether oxygens (including phenoxy) is 1. The summed E-state index contributed by atoms with van der Waals surface area (Å²) in [5, 5.41) is 8.85. The third kappa shape index (κ3) is 18.8. The first-order valence-electron chi connectivity index (χ1n) is 11.7. The van der Waals surface area contributed by atoms with E-state index in [1.807, 2.05) is 0 Å². The minimum Gasteiger partial charge on any atom is -0.481 e. The van der Waals surface area contributed by atoms with Gasteiger partial charge in [-0.1, -0.05) is 77.1 Å². The topological polar surface area (TPSA) is 89.6 Å². The molecule has 0 aromatic heterocycles. The molecule has 0 rings (SSSR count). The van der Waals surface area contributed by atoms with Crippen LogP contribution in [0.15, 0.2) is 0 Å². The van der Waals surface area contributed by atoms with Gasteiger partial charge in [-0.3, -0.25) is 9.59 Å². The molecule has 6 heteroatoms. The quantitative estimate of drug-likeness (QED) is 0.155. The largest absolute Gasteiger partial charge is 0.481 e. The van der Waals surface area contributed by atoms with Gasteiger partial charge in [0.2, 0.25) is 0 Å². The van der Waals surface area contributed by atoms with E-state index in [-0.39, 0.29) is 11.7 Å². The fourth-order valence-corrected chi connectivity index (χ4v) is 4.20. The summed E-state index contributed by atoms with van der Waals surface area (Å²) in [5.74, 6) is 5.88. The van der Waals surface area contributed by atoms with Crippen molar-refractivity contribution in [3.8, 4) is 11.8 Å². The van der Waals surface area contributed by atoms with Crippen molar-refractivity contribution in [3.63, 3.8) is 0 Å². The van der Waals surface area contributed by atoms with Crippen molar-refractivity contribution in [2.75, 3.05) is 12.9 Å². The molecule has 30 heavy (non-hydrogen) atoms. The normalized spacial score (nSPS) is 12.6. The Morgan fingerprint density at radius 3 is 2.13 bits per heavy atom. The molecular weight excluding hydrogens is 398 g/mol. The van der Waals surface area contributed by atoms with Crippen LogP contribution < -0.4 is 5.73 Å². The molecule has 0 saturated carbocycles. The van der Waals surface area contributed by atoms with Crippen molar-refractivity contribution in [2.45, 2.75) is 115 Å². The first-order valence-corrected chi connectivity index (χ1v) is 12.7. The standard InChI is InChI=1S/C24H43NO4S/c1-3-4-5-6-7-8-9-10-11-12-13-14-17-21(18-15-16-19-23(26)27)30-20-22(25)24(28)29-2/h21-22H,3-13,15-16,18-20,25H2,1-2H3,(H,26,27). The predicted octanol–water partition coefficient (Wildman–Crippen LogP) is 5.55. The highest BCUT2D eigenvalue weighted by Gasteiger charge is 2.16. The van der Waals surface area contributed by atoms with Gasteiger partial charge in [-0.25, -0.2) is 0 Å². The summed E-state index contributed by atoms with van der Waals surface area (Å²) >= 11 is 1.57. The molecule has 0 fully saturated rings. The summed E-state index contributed by atoms with van der Waals surface area (Å²) in [6.07, 6.45) is 16.5. The third-order valence-electron chi connectivity index (χ3n) is 5.01. The van der Waals surface area contributed by atoms with Gasteiger partial charge in [0.15, 0.2) is 0 Å². The van der Waals surface area contributed by atoms with Gasteiger partial charge in [-0.05, 0) is 19.3 Å². The Labute approximate surface area is 188 Å². The molecule has 0 aliphatic carbocycles. The van der Waals surface area contributed by atoms with Crippen LogP contribution >= 0.6 is 11.8 Å². The molecule has 0 radical (unpaired) electrons. The first-order chi connectivity index (χ1) is 14.5. The average Bonchev–Trinajstić information content (AvgIpc) is 2.73. The van der Waals surface area contributed by atoms with Gasteiger partial charge in [0.25, 0.3) is 0 Å². The van der Waals surface area contributed by atoms with E-state index in [9.17, 15) is 9.59 Å². The Morgan fingerprint density at radius 1 is 0.967 bits per heavy atom. The fraction of sp³-hybridized carbons (Fsp3) is 0.833. The molecule has 0 aliphatic rings. The number of hydrogen-bond acceptors (Lipinski definition) is 5. The molecule has 2 unspecified atom stereocenters. The maximum Gasteiger partial charge on any atom is 0.323 e. The second-order valence-corrected chi connectivity index (χ2v) is 9.08. The van der Waals surface area contributed by atoms with Crippen LogP contribution in [-0.4, -0.2) is 41.2 Å².